The molecular weight excluding hydrogens is 348 g/mol. The molecule has 24 heavy (non-hydrogen) atoms. The molecule has 0 aromatic heterocycles. The number of carbonyl (C=O) groups is 1. The van der Waals surface area contributed by atoms with Crippen LogP contribution in [0, 0.1) is 5.92 Å². The molecule has 3 rings (SSSR count). The standard InChI is InChI=1S/C17H17ClN2O3S/c18-14-4-2-5-15(10-14)20-24(22,23)16-6-1-3-13(9-16)17(21)19-11-12-7-8-12/h1-6,9-10,12,20H,7-8,11H2,(H,19,21). The summed E-state index contributed by atoms with van der Waals surface area (Å²) >= 11 is 5.86. The Bertz CT molecular complexity index is 864. The van der Waals surface area contributed by atoms with Gasteiger partial charge < -0.3 is 5.32 Å². The summed E-state index contributed by atoms with van der Waals surface area (Å²) in [4.78, 5) is 12.1. The number of benzene rings is 2. The quantitative estimate of drug-likeness (QED) is 0.825. The Morgan fingerprint density at radius 3 is 2.58 bits per heavy atom. The third-order valence-corrected chi connectivity index (χ3v) is 5.35. The first-order valence-corrected chi connectivity index (χ1v) is 9.47. The molecular formula is C17H17ClN2O3S. The topological polar surface area (TPSA) is 75.3 Å². The van der Waals surface area contributed by atoms with Crippen LogP contribution >= 0.6 is 11.6 Å². The van der Waals surface area contributed by atoms with Crippen LogP contribution in [0.3, 0.4) is 0 Å². The summed E-state index contributed by atoms with van der Waals surface area (Å²) in [5.41, 5.74) is 0.690. The summed E-state index contributed by atoms with van der Waals surface area (Å²) in [6.45, 7) is 0.635. The number of hydrogen-bond donors (Lipinski definition) is 2. The highest BCUT2D eigenvalue weighted by molar-refractivity contribution is 7.92. The van der Waals surface area contributed by atoms with Crippen molar-refractivity contribution < 1.29 is 13.2 Å². The van der Waals surface area contributed by atoms with Gasteiger partial charge in [-0.15, -0.1) is 0 Å². The molecule has 2 aromatic rings. The monoisotopic (exact) mass is 364 g/mol. The molecule has 0 unspecified atom stereocenters. The Morgan fingerprint density at radius 1 is 1.12 bits per heavy atom. The van der Waals surface area contributed by atoms with E-state index in [1.807, 2.05) is 0 Å². The molecule has 5 nitrogen and oxygen atoms in total. The molecule has 0 heterocycles. The minimum atomic E-state index is -3.79. The maximum Gasteiger partial charge on any atom is 0.261 e. The Kier molecular flexibility index (Phi) is 4.78. The van der Waals surface area contributed by atoms with E-state index in [0.717, 1.165) is 12.8 Å². The lowest BCUT2D eigenvalue weighted by Crippen LogP contribution is -2.25. The van der Waals surface area contributed by atoms with Crippen molar-refractivity contribution >= 4 is 33.2 Å². The van der Waals surface area contributed by atoms with E-state index in [0.29, 0.717) is 28.7 Å². The van der Waals surface area contributed by atoms with Crippen LogP contribution in [0.4, 0.5) is 5.69 Å². The molecule has 7 heteroatoms. The van der Waals surface area contributed by atoms with Crippen molar-refractivity contribution in [3.63, 3.8) is 0 Å². The van der Waals surface area contributed by atoms with E-state index in [1.165, 1.54) is 18.2 Å². The van der Waals surface area contributed by atoms with Crippen LogP contribution in [0.25, 0.3) is 0 Å². The molecule has 0 saturated heterocycles. The predicted molar refractivity (Wildman–Crippen MR) is 93.8 cm³/mol. The van der Waals surface area contributed by atoms with Gasteiger partial charge >= 0.3 is 0 Å². The van der Waals surface area contributed by atoms with Gasteiger partial charge in [0.15, 0.2) is 0 Å². The van der Waals surface area contributed by atoms with Gasteiger partial charge in [0.05, 0.1) is 10.6 Å². The van der Waals surface area contributed by atoms with Gasteiger partial charge in [0.2, 0.25) is 0 Å². The molecule has 1 aliphatic rings. The lowest BCUT2D eigenvalue weighted by atomic mass is 10.2. The molecule has 0 bridgehead atoms. The van der Waals surface area contributed by atoms with Crippen LogP contribution in [0.5, 0.6) is 0 Å². The van der Waals surface area contributed by atoms with Crippen LogP contribution in [0.2, 0.25) is 5.02 Å². The third kappa shape index (κ3) is 4.27. The number of amides is 1. The van der Waals surface area contributed by atoms with E-state index >= 15 is 0 Å². The van der Waals surface area contributed by atoms with Crippen molar-refractivity contribution in [1.29, 1.82) is 0 Å². The fourth-order valence-electron chi connectivity index (χ4n) is 2.23. The molecule has 2 N–H and O–H groups in total. The van der Waals surface area contributed by atoms with Crippen LogP contribution in [0.15, 0.2) is 53.4 Å². The maximum atomic E-state index is 12.5. The van der Waals surface area contributed by atoms with Crippen molar-refractivity contribution in [2.45, 2.75) is 17.7 Å². The Morgan fingerprint density at radius 2 is 1.88 bits per heavy atom. The minimum absolute atomic E-state index is 0.0292. The first kappa shape index (κ1) is 16.8. The molecule has 1 amide bonds. The van der Waals surface area contributed by atoms with Crippen molar-refractivity contribution in [3.05, 3.63) is 59.1 Å². The normalized spacial score (nSPS) is 14.2. The van der Waals surface area contributed by atoms with Crippen LogP contribution in [-0.4, -0.2) is 20.9 Å². The van der Waals surface area contributed by atoms with Gasteiger partial charge in [-0.25, -0.2) is 8.42 Å². The molecule has 2 aromatic carbocycles. The minimum Gasteiger partial charge on any atom is -0.352 e. The maximum absolute atomic E-state index is 12.5. The first-order chi connectivity index (χ1) is 11.4. The third-order valence-electron chi connectivity index (χ3n) is 3.73. The number of sulfonamides is 1. The van der Waals surface area contributed by atoms with Crippen LogP contribution < -0.4 is 10.0 Å². The van der Waals surface area contributed by atoms with Gasteiger partial charge in [-0.2, -0.15) is 0 Å². The van der Waals surface area contributed by atoms with E-state index in [9.17, 15) is 13.2 Å². The average molecular weight is 365 g/mol. The van der Waals surface area contributed by atoms with Crippen LogP contribution in [0.1, 0.15) is 23.2 Å². The van der Waals surface area contributed by atoms with E-state index in [1.54, 1.807) is 30.3 Å². The zero-order valence-electron chi connectivity index (χ0n) is 12.8. The summed E-state index contributed by atoms with van der Waals surface area (Å²) in [7, 11) is -3.79. The summed E-state index contributed by atoms with van der Waals surface area (Å²) in [5, 5.41) is 3.26. The number of rotatable bonds is 6. The number of hydrogen-bond acceptors (Lipinski definition) is 3. The molecule has 1 fully saturated rings. The van der Waals surface area contributed by atoms with E-state index < -0.39 is 10.0 Å². The lowest BCUT2D eigenvalue weighted by Gasteiger charge is -2.10. The largest absolute Gasteiger partial charge is 0.352 e. The highest BCUT2D eigenvalue weighted by atomic mass is 35.5. The number of anilines is 1. The van der Waals surface area contributed by atoms with Gasteiger partial charge in [-0.1, -0.05) is 23.7 Å². The van der Waals surface area contributed by atoms with Crippen molar-refractivity contribution in [2.75, 3.05) is 11.3 Å². The average Bonchev–Trinajstić information content (AvgIpc) is 3.37. The fraction of sp³-hybridized carbons (Fsp3) is 0.235. The molecule has 0 atom stereocenters. The Labute approximate surface area is 146 Å². The second-order valence-corrected chi connectivity index (χ2v) is 7.92. The molecule has 0 aliphatic heterocycles. The number of nitrogens with one attached hydrogen (secondary N) is 2. The number of halogens is 1. The van der Waals surface area contributed by atoms with Gasteiger partial charge in [-0.3, -0.25) is 9.52 Å². The van der Waals surface area contributed by atoms with E-state index in [2.05, 4.69) is 10.0 Å². The van der Waals surface area contributed by atoms with E-state index in [4.69, 9.17) is 11.6 Å². The molecule has 1 saturated carbocycles. The van der Waals surface area contributed by atoms with E-state index in [-0.39, 0.29) is 10.8 Å². The van der Waals surface area contributed by atoms with Gasteiger partial charge in [0, 0.05) is 17.1 Å². The summed E-state index contributed by atoms with van der Waals surface area (Å²) in [6.07, 6.45) is 2.27. The number of carbonyl (C=O) groups excluding carboxylic acids is 1. The zero-order chi connectivity index (χ0) is 17.2. The SMILES string of the molecule is O=C(NCC1CC1)c1cccc(S(=O)(=O)Nc2cccc(Cl)c2)c1. The summed E-state index contributed by atoms with van der Waals surface area (Å²) in [5.74, 6) is 0.298. The van der Waals surface area contributed by atoms with Gasteiger partial charge in [0.25, 0.3) is 15.9 Å². The van der Waals surface area contributed by atoms with Crippen molar-refractivity contribution in [1.82, 2.24) is 5.32 Å². The van der Waals surface area contributed by atoms with Crippen LogP contribution in [-0.2, 0) is 10.0 Å². The second kappa shape index (κ2) is 6.83. The molecule has 0 spiro atoms. The van der Waals surface area contributed by atoms with Crippen molar-refractivity contribution in [2.24, 2.45) is 5.92 Å². The molecule has 0 radical (unpaired) electrons. The Hall–Kier alpha value is -2.05. The highest BCUT2D eigenvalue weighted by Gasteiger charge is 2.22. The Balaban J connectivity index is 1.77. The first-order valence-electron chi connectivity index (χ1n) is 7.61. The second-order valence-electron chi connectivity index (χ2n) is 5.80. The van der Waals surface area contributed by atoms with Crippen molar-refractivity contribution in [3.8, 4) is 0 Å². The molecule has 126 valence electrons. The highest BCUT2D eigenvalue weighted by Crippen LogP contribution is 2.27. The van der Waals surface area contributed by atoms with Gasteiger partial charge in [0.1, 0.15) is 0 Å². The zero-order valence-corrected chi connectivity index (χ0v) is 14.4. The smallest absolute Gasteiger partial charge is 0.261 e. The molecule has 1 aliphatic carbocycles. The summed E-state index contributed by atoms with van der Waals surface area (Å²) in [6, 6.07) is 12.4. The fourth-order valence-corrected chi connectivity index (χ4v) is 3.52. The predicted octanol–water partition coefficient (Wildman–Crippen LogP) is 3.28. The lowest BCUT2D eigenvalue weighted by molar-refractivity contribution is 0.0951. The summed E-state index contributed by atoms with van der Waals surface area (Å²) < 4.78 is 27.4. The van der Waals surface area contributed by atoms with Gasteiger partial charge in [-0.05, 0) is 55.2 Å².